The topological polar surface area (TPSA) is 4.93 Å². The monoisotopic (exact) mass is 391 g/mol. The maximum absolute atomic E-state index is 4.16. The first-order chi connectivity index (χ1) is 14.6. The molecule has 1 aromatic heterocycles. The molecule has 0 amide bonds. The SMILES string of the molecule is C=CCC(C=C)(c1ccc(-n2c3ccccc3c3cc(C=C)ccc32)cc1)C(C)C. The average molecular weight is 392 g/mol. The van der Waals surface area contributed by atoms with Gasteiger partial charge in [-0.25, -0.2) is 0 Å². The molecule has 0 aliphatic carbocycles. The van der Waals surface area contributed by atoms with Gasteiger partial charge < -0.3 is 4.57 Å². The zero-order valence-corrected chi connectivity index (χ0v) is 17.9. The van der Waals surface area contributed by atoms with Crippen LogP contribution in [0, 0.1) is 5.92 Å². The molecule has 1 heteroatoms. The van der Waals surface area contributed by atoms with Crippen LogP contribution >= 0.6 is 0 Å². The van der Waals surface area contributed by atoms with Crippen molar-refractivity contribution < 1.29 is 0 Å². The quantitative estimate of drug-likeness (QED) is 0.281. The van der Waals surface area contributed by atoms with Crippen LogP contribution in [0.15, 0.2) is 98.6 Å². The van der Waals surface area contributed by atoms with Gasteiger partial charge >= 0.3 is 0 Å². The maximum Gasteiger partial charge on any atom is 0.0541 e. The summed E-state index contributed by atoms with van der Waals surface area (Å²) in [7, 11) is 0. The molecule has 0 fully saturated rings. The molecule has 0 aliphatic heterocycles. The first kappa shape index (κ1) is 20.0. The Labute approximate surface area is 179 Å². The van der Waals surface area contributed by atoms with E-state index in [1.54, 1.807) is 0 Å². The highest BCUT2D eigenvalue weighted by Crippen LogP contribution is 2.39. The van der Waals surface area contributed by atoms with Crippen LogP contribution < -0.4 is 0 Å². The highest BCUT2D eigenvalue weighted by atomic mass is 15.0. The summed E-state index contributed by atoms with van der Waals surface area (Å²) < 4.78 is 2.35. The Morgan fingerprint density at radius 3 is 2.20 bits per heavy atom. The van der Waals surface area contributed by atoms with Crippen LogP contribution in [0.1, 0.15) is 31.4 Å². The molecule has 3 aromatic carbocycles. The van der Waals surface area contributed by atoms with Gasteiger partial charge in [0.25, 0.3) is 0 Å². The predicted octanol–water partition coefficient (Wildman–Crippen LogP) is 8.08. The largest absolute Gasteiger partial charge is 0.309 e. The summed E-state index contributed by atoms with van der Waals surface area (Å²) in [6, 6.07) is 24.1. The van der Waals surface area contributed by atoms with E-state index >= 15 is 0 Å². The lowest BCUT2D eigenvalue weighted by atomic mass is 9.69. The number of hydrogen-bond acceptors (Lipinski definition) is 0. The summed E-state index contributed by atoms with van der Waals surface area (Å²) in [5.74, 6) is 0.435. The lowest BCUT2D eigenvalue weighted by Crippen LogP contribution is -2.29. The molecule has 1 unspecified atom stereocenters. The molecule has 1 atom stereocenters. The Bertz CT molecular complexity index is 1240. The summed E-state index contributed by atoms with van der Waals surface area (Å²) in [6.07, 6.45) is 6.87. The van der Waals surface area contributed by atoms with Crippen LogP contribution in [0.2, 0.25) is 0 Å². The van der Waals surface area contributed by atoms with E-state index in [1.807, 2.05) is 12.2 Å². The summed E-state index contributed by atoms with van der Waals surface area (Å²) in [6.45, 7) is 16.6. The molecular weight excluding hydrogens is 362 g/mol. The molecule has 0 radical (unpaired) electrons. The second kappa shape index (κ2) is 7.84. The van der Waals surface area contributed by atoms with Crippen molar-refractivity contribution in [3.63, 3.8) is 0 Å². The van der Waals surface area contributed by atoms with E-state index in [9.17, 15) is 0 Å². The number of para-hydroxylation sites is 1. The molecule has 0 N–H and O–H groups in total. The van der Waals surface area contributed by atoms with Crippen LogP contribution in [0.25, 0.3) is 33.6 Å². The maximum atomic E-state index is 4.16. The molecule has 150 valence electrons. The smallest absolute Gasteiger partial charge is 0.0541 e. The molecular formula is C29H29N. The highest BCUT2D eigenvalue weighted by Gasteiger charge is 2.31. The summed E-state index contributed by atoms with van der Waals surface area (Å²) in [5.41, 5.74) is 5.91. The van der Waals surface area contributed by atoms with E-state index in [-0.39, 0.29) is 5.41 Å². The van der Waals surface area contributed by atoms with E-state index in [0.29, 0.717) is 5.92 Å². The van der Waals surface area contributed by atoms with Crippen LogP contribution in [0.3, 0.4) is 0 Å². The molecule has 4 aromatic rings. The van der Waals surface area contributed by atoms with Gasteiger partial charge in [0.15, 0.2) is 0 Å². The Hall–Kier alpha value is -3.32. The number of benzene rings is 3. The van der Waals surface area contributed by atoms with Gasteiger partial charge in [-0.2, -0.15) is 0 Å². The van der Waals surface area contributed by atoms with E-state index in [1.165, 1.54) is 27.4 Å². The van der Waals surface area contributed by atoms with Crippen LogP contribution in [-0.2, 0) is 5.41 Å². The number of hydrogen-bond donors (Lipinski definition) is 0. The molecule has 30 heavy (non-hydrogen) atoms. The van der Waals surface area contributed by atoms with Crippen molar-refractivity contribution in [1.29, 1.82) is 0 Å². The Morgan fingerprint density at radius 1 is 0.867 bits per heavy atom. The Kier molecular flexibility index (Phi) is 5.22. The Morgan fingerprint density at radius 2 is 1.57 bits per heavy atom. The minimum Gasteiger partial charge on any atom is -0.309 e. The molecule has 0 spiro atoms. The lowest BCUT2D eigenvalue weighted by molar-refractivity contribution is 0.388. The normalized spacial score (nSPS) is 13.4. The second-order valence-corrected chi connectivity index (χ2v) is 8.27. The zero-order valence-electron chi connectivity index (χ0n) is 17.9. The second-order valence-electron chi connectivity index (χ2n) is 8.27. The van der Waals surface area contributed by atoms with Crippen molar-refractivity contribution in [2.75, 3.05) is 0 Å². The van der Waals surface area contributed by atoms with E-state index in [2.05, 4.69) is 111 Å². The fourth-order valence-corrected chi connectivity index (χ4v) is 4.68. The summed E-state index contributed by atoms with van der Waals surface area (Å²) in [5, 5.41) is 2.51. The predicted molar refractivity (Wildman–Crippen MR) is 132 cm³/mol. The third-order valence-electron chi connectivity index (χ3n) is 6.47. The van der Waals surface area contributed by atoms with Gasteiger partial charge in [0, 0.05) is 21.9 Å². The minimum absolute atomic E-state index is 0.0973. The minimum atomic E-state index is -0.0973. The van der Waals surface area contributed by atoms with Crippen LogP contribution in [0.5, 0.6) is 0 Å². The van der Waals surface area contributed by atoms with Gasteiger partial charge in [0.05, 0.1) is 11.0 Å². The van der Waals surface area contributed by atoms with Crippen molar-refractivity contribution >= 4 is 27.9 Å². The van der Waals surface area contributed by atoms with Gasteiger partial charge in [0.1, 0.15) is 0 Å². The standard InChI is InChI=1S/C29H29N/c1-6-19-29(8-3,21(4)5)23-14-16-24(17-15-23)30-27-12-10-9-11-25(27)26-20-22(7-2)13-18-28(26)30/h6-18,20-21H,1-3,19H2,4-5H3. The van der Waals surface area contributed by atoms with Gasteiger partial charge in [-0.1, -0.05) is 75.1 Å². The first-order valence-corrected chi connectivity index (χ1v) is 10.6. The summed E-state index contributed by atoms with van der Waals surface area (Å²) in [4.78, 5) is 0. The lowest BCUT2D eigenvalue weighted by Gasteiger charge is -2.34. The van der Waals surface area contributed by atoms with Gasteiger partial charge in [0.2, 0.25) is 0 Å². The molecule has 0 bridgehead atoms. The zero-order chi connectivity index (χ0) is 21.3. The van der Waals surface area contributed by atoms with E-state index < -0.39 is 0 Å². The Balaban J connectivity index is 1.92. The highest BCUT2D eigenvalue weighted by molar-refractivity contribution is 6.09. The molecule has 0 saturated carbocycles. The van der Waals surface area contributed by atoms with Crippen molar-refractivity contribution in [3.05, 3.63) is 110 Å². The van der Waals surface area contributed by atoms with Crippen LogP contribution in [-0.4, -0.2) is 4.57 Å². The number of fused-ring (bicyclic) bond motifs is 3. The van der Waals surface area contributed by atoms with Gasteiger partial charge in [-0.15, -0.1) is 13.2 Å². The first-order valence-electron chi connectivity index (χ1n) is 10.6. The molecule has 1 heterocycles. The summed E-state index contributed by atoms with van der Waals surface area (Å²) >= 11 is 0. The molecule has 4 rings (SSSR count). The van der Waals surface area contributed by atoms with Gasteiger partial charge in [-0.05, 0) is 53.8 Å². The van der Waals surface area contributed by atoms with Crippen molar-refractivity contribution in [2.24, 2.45) is 5.92 Å². The number of nitrogens with zero attached hydrogens (tertiary/aromatic N) is 1. The van der Waals surface area contributed by atoms with Gasteiger partial charge in [-0.3, -0.25) is 0 Å². The van der Waals surface area contributed by atoms with Crippen LogP contribution in [0.4, 0.5) is 0 Å². The van der Waals surface area contributed by atoms with Crippen molar-refractivity contribution in [3.8, 4) is 5.69 Å². The van der Waals surface area contributed by atoms with Crippen molar-refractivity contribution in [1.82, 2.24) is 4.57 Å². The third kappa shape index (κ3) is 3.02. The third-order valence-corrected chi connectivity index (χ3v) is 6.47. The molecule has 1 nitrogen and oxygen atoms in total. The fourth-order valence-electron chi connectivity index (χ4n) is 4.68. The van der Waals surface area contributed by atoms with E-state index in [4.69, 9.17) is 0 Å². The average Bonchev–Trinajstić information content (AvgIpc) is 3.11. The number of rotatable bonds is 7. The fraction of sp³-hybridized carbons (Fsp3) is 0.172. The molecule has 0 aliphatic rings. The van der Waals surface area contributed by atoms with Crippen molar-refractivity contribution in [2.45, 2.75) is 25.7 Å². The van der Waals surface area contributed by atoms with E-state index in [0.717, 1.165) is 17.7 Å². The number of allylic oxidation sites excluding steroid dienone is 2. The number of aromatic nitrogens is 1. The molecule has 0 saturated heterocycles.